The van der Waals surface area contributed by atoms with Crippen LogP contribution in [0.3, 0.4) is 0 Å². The molecular formula is C10H7ClN4O2. The van der Waals surface area contributed by atoms with Crippen LogP contribution < -0.4 is 4.90 Å². The number of carbonyl (C=O) groups excluding carboxylic acids is 2. The maximum atomic E-state index is 11.5. The third-order valence-corrected chi connectivity index (χ3v) is 2.82. The minimum atomic E-state index is -0.276. The molecule has 1 saturated heterocycles. The van der Waals surface area contributed by atoms with E-state index in [9.17, 15) is 9.59 Å². The van der Waals surface area contributed by atoms with Gasteiger partial charge in [-0.3, -0.25) is 14.5 Å². The Labute approximate surface area is 101 Å². The molecular weight excluding hydrogens is 244 g/mol. The molecule has 7 heteroatoms. The lowest BCUT2D eigenvalue weighted by Gasteiger charge is -2.07. The highest BCUT2D eigenvalue weighted by Crippen LogP contribution is 2.20. The van der Waals surface area contributed by atoms with Crippen LogP contribution in [-0.4, -0.2) is 32.8 Å². The Kier molecular flexibility index (Phi) is 2.12. The molecule has 0 atom stereocenters. The molecule has 0 aromatic carbocycles. The summed E-state index contributed by atoms with van der Waals surface area (Å²) in [6, 6.07) is 3.41. The Morgan fingerprint density at radius 1 is 1.35 bits per heavy atom. The number of halogens is 1. The summed E-state index contributed by atoms with van der Waals surface area (Å²) < 4.78 is 1.48. The minimum Gasteiger partial charge on any atom is -0.297 e. The molecule has 1 fully saturated rings. The van der Waals surface area contributed by atoms with E-state index in [1.54, 1.807) is 18.3 Å². The Balaban J connectivity index is 2.10. The van der Waals surface area contributed by atoms with E-state index < -0.39 is 0 Å². The van der Waals surface area contributed by atoms with Crippen molar-refractivity contribution < 1.29 is 9.59 Å². The van der Waals surface area contributed by atoms with Crippen molar-refractivity contribution in [2.24, 2.45) is 0 Å². The molecule has 0 N–H and O–H groups in total. The summed E-state index contributed by atoms with van der Waals surface area (Å²) in [5, 5.41) is 4.56. The summed E-state index contributed by atoms with van der Waals surface area (Å²) in [5.41, 5.74) is 0.469. The number of Topliss-reactive ketones (excluding diaryl/α,β-unsaturated/α-hetero) is 1. The van der Waals surface area contributed by atoms with Crippen LogP contribution in [0.25, 0.3) is 5.65 Å². The van der Waals surface area contributed by atoms with Gasteiger partial charge in [-0.2, -0.15) is 4.98 Å². The number of ketones is 1. The largest absolute Gasteiger partial charge is 0.297 e. The molecule has 0 spiro atoms. The van der Waals surface area contributed by atoms with E-state index in [0.29, 0.717) is 10.7 Å². The van der Waals surface area contributed by atoms with Crippen molar-refractivity contribution in [2.75, 3.05) is 11.4 Å². The van der Waals surface area contributed by atoms with Crippen LogP contribution in [0.5, 0.6) is 0 Å². The number of anilines is 1. The standard InChI is InChI=1S/C10H7ClN4O2/c11-7-2-1-3-15-9(7)12-10(13-15)14-5-6(16)4-8(14)17/h1-3H,4-5H2. The third kappa shape index (κ3) is 1.57. The fourth-order valence-corrected chi connectivity index (χ4v) is 1.95. The number of pyridine rings is 1. The molecule has 0 bridgehead atoms. The van der Waals surface area contributed by atoms with E-state index in [4.69, 9.17) is 11.6 Å². The predicted molar refractivity (Wildman–Crippen MR) is 60.0 cm³/mol. The Morgan fingerprint density at radius 3 is 2.82 bits per heavy atom. The highest BCUT2D eigenvalue weighted by molar-refractivity contribution is 6.33. The molecule has 1 aliphatic rings. The molecule has 6 nitrogen and oxygen atoms in total. The number of hydrogen-bond acceptors (Lipinski definition) is 4. The van der Waals surface area contributed by atoms with Crippen molar-refractivity contribution in [1.29, 1.82) is 0 Å². The quantitative estimate of drug-likeness (QED) is 0.699. The zero-order chi connectivity index (χ0) is 12.0. The second-order valence-corrected chi connectivity index (χ2v) is 4.14. The van der Waals surface area contributed by atoms with Gasteiger partial charge in [0, 0.05) is 6.20 Å². The van der Waals surface area contributed by atoms with Gasteiger partial charge in [0.25, 0.3) is 5.95 Å². The average molecular weight is 251 g/mol. The lowest BCUT2D eigenvalue weighted by molar-refractivity contribution is -0.121. The summed E-state index contributed by atoms with van der Waals surface area (Å²) in [6.07, 6.45) is 1.60. The Morgan fingerprint density at radius 2 is 2.18 bits per heavy atom. The average Bonchev–Trinajstić information content (AvgIpc) is 2.82. The van der Waals surface area contributed by atoms with E-state index in [-0.39, 0.29) is 30.6 Å². The Bertz CT molecular complexity index is 636. The Hall–Kier alpha value is -1.95. The monoisotopic (exact) mass is 250 g/mol. The zero-order valence-electron chi connectivity index (χ0n) is 8.63. The number of nitrogens with zero attached hydrogens (tertiary/aromatic N) is 4. The van der Waals surface area contributed by atoms with Crippen LogP contribution in [-0.2, 0) is 9.59 Å². The zero-order valence-corrected chi connectivity index (χ0v) is 9.39. The van der Waals surface area contributed by atoms with E-state index in [1.807, 2.05) is 0 Å². The molecule has 0 aliphatic carbocycles. The van der Waals surface area contributed by atoms with E-state index >= 15 is 0 Å². The first-order chi connectivity index (χ1) is 8.15. The molecule has 3 heterocycles. The predicted octanol–water partition coefficient (Wildman–Crippen LogP) is 0.688. The van der Waals surface area contributed by atoms with Gasteiger partial charge in [-0.1, -0.05) is 11.6 Å². The van der Waals surface area contributed by atoms with Crippen molar-refractivity contribution in [3.63, 3.8) is 0 Å². The SMILES string of the molecule is O=C1CC(=O)N(c2nc3c(Cl)cccn3n2)C1. The molecule has 86 valence electrons. The van der Waals surface area contributed by atoms with Gasteiger partial charge in [0.05, 0.1) is 18.0 Å². The van der Waals surface area contributed by atoms with E-state index in [2.05, 4.69) is 10.1 Å². The van der Waals surface area contributed by atoms with Crippen molar-refractivity contribution in [2.45, 2.75) is 6.42 Å². The van der Waals surface area contributed by atoms with Gasteiger partial charge < -0.3 is 0 Å². The van der Waals surface area contributed by atoms with Crippen LogP contribution >= 0.6 is 11.6 Å². The number of hydrogen-bond donors (Lipinski definition) is 0. The molecule has 0 unspecified atom stereocenters. The van der Waals surface area contributed by atoms with Crippen LogP contribution in [0.1, 0.15) is 6.42 Å². The minimum absolute atomic E-state index is 0.0351. The van der Waals surface area contributed by atoms with Gasteiger partial charge in [-0.05, 0) is 12.1 Å². The summed E-state index contributed by atoms with van der Waals surface area (Å²) >= 11 is 5.95. The number of amides is 1. The van der Waals surface area contributed by atoms with Crippen molar-refractivity contribution in [3.8, 4) is 0 Å². The molecule has 1 amide bonds. The van der Waals surface area contributed by atoms with Gasteiger partial charge in [0.1, 0.15) is 0 Å². The van der Waals surface area contributed by atoms with E-state index in [1.165, 1.54) is 9.42 Å². The van der Waals surface area contributed by atoms with Gasteiger partial charge in [0.2, 0.25) is 5.91 Å². The van der Waals surface area contributed by atoms with Gasteiger partial charge in [-0.25, -0.2) is 4.52 Å². The number of fused-ring (bicyclic) bond motifs is 1. The fraction of sp³-hybridized carbons (Fsp3) is 0.200. The second kappa shape index (κ2) is 3.53. The molecule has 2 aromatic rings. The summed E-state index contributed by atoms with van der Waals surface area (Å²) in [4.78, 5) is 28.1. The van der Waals surface area contributed by atoms with E-state index in [0.717, 1.165) is 0 Å². The van der Waals surface area contributed by atoms with Crippen molar-refractivity contribution in [1.82, 2.24) is 14.6 Å². The second-order valence-electron chi connectivity index (χ2n) is 3.73. The van der Waals surface area contributed by atoms with Crippen molar-refractivity contribution >= 4 is 34.9 Å². The molecule has 3 rings (SSSR count). The van der Waals surface area contributed by atoms with Gasteiger partial charge in [0.15, 0.2) is 11.4 Å². The first-order valence-corrected chi connectivity index (χ1v) is 5.36. The normalized spacial score (nSPS) is 16.2. The maximum Gasteiger partial charge on any atom is 0.252 e. The fourth-order valence-electron chi connectivity index (χ4n) is 1.74. The molecule has 0 radical (unpaired) electrons. The van der Waals surface area contributed by atoms with Crippen LogP contribution in [0.2, 0.25) is 5.02 Å². The van der Waals surface area contributed by atoms with Gasteiger partial charge >= 0.3 is 0 Å². The molecule has 2 aromatic heterocycles. The van der Waals surface area contributed by atoms with Gasteiger partial charge in [-0.15, -0.1) is 5.10 Å². The topological polar surface area (TPSA) is 67.6 Å². The number of aromatic nitrogens is 3. The first kappa shape index (κ1) is 10.2. The molecule has 1 aliphatic heterocycles. The molecule has 17 heavy (non-hydrogen) atoms. The van der Waals surface area contributed by atoms with Crippen LogP contribution in [0.15, 0.2) is 18.3 Å². The lowest BCUT2D eigenvalue weighted by Crippen LogP contribution is -2.25. The number of carbonyl (C=O) groups is 2. The lowest BCUT2D eigenvalue weighted by atomic mass is 10.3. The van der Waals surface area contributed by atoms with Crippen LogP contribution in [0, 0.1) is 0 Å². The van der Waals surface area contributed by atoms with Crippen molar-refractivity contribution in [3.05, 3.63) is 23.4 Å². The molecule has 0 saturated carbocycles. The highest BCUT2D eigenvalue weighted by atomic mass is 35.5. The third-order valence-electron chi connectivity index (χ3n) is 2.53. The smallest absolute Gasteiger partial charge is 0.252 e. The first-order valence-electron chi connectivity index (χ1n) is 4.98. The summed E-state index contributed by atoms with van der Waals surface area (Å²) in [7, 11) is 0. The highest BCUT2D eigenvalue weighted by Gasteiger charge is 2.31. The van der Waals surface area contributed by atoms with Crippen LogP contribution in [0.4, 0.5) is 5.95 Å². The summed E-state index contributed by atoms with van der Waals surface area (Å²) in [6.45, 7) is 0.0351. The number of rotatable bonds is 1. The summed E-state index contributed by atoms with van der Waals surface area (Å²) in [5.74, 6) is -0.184. The maximum absolute atomic E-state index is 11.5.